The normalized spacial score (nSPS) is 19.6. The molecule has 0 spiro atoms. The van der Waals surface area contributed by atoms with Crippen LogP contribution in [0.15, 0.2) is 0 Å². The highest BCUT2D eigenvalue weighted by molar-refractivity contribution is 4.92. The van der Waals surface area contributed by atoms with Gasteiger partial charge in [0.15, 0.2) is 0 Å². The molecule has 2 heteroatoms. The average molecular weight is 240 g/mol. The molecule has 0 bridgehead atoms. The van der Waals surface area contributed by atoms with Crippen LogP contribution in [0, 0.1) is 0 Å². The fourth-order valence-electron chi connectivity index (χ4n) is 3.04. The van der Waals surface area contributed by atoms with E-state index in [9.17, 15) is 0 Å². The molecule has 1 aliphatic carbocycles. The first-order chi connectivity index (χ1) is 8.28. The van der Waals surface area contributed by atoms with Gasteiger partial charge in [-0.15, -0.1) is 0 Å². The van der Waals surface area contributed by atoms with Gasteiger partial charge in [0.05, 0.1) is 0 Å². The lowest BCUT2D eigenvalue weighted by atomic mass is 9.98. The summed E-state index contributed by atoms with van der Waals surface area (Å²) in [5.74, 6) is 0. The summed E-state index contributed by atoms with van der Waals surface area (Å²) in [5, 5.41) is 3.71. The minimum absolute atomic E-state index is 0.696. The number of nitrogens with zero attached hydrogens (tertiary/aromatic N) is 1. The van der Waals surface area contributed by atoms with Gasteiger partial charge in [-0.2, -0.15) is 0 Å². The molecule has 0 saturated heterocycles. The summed E-state index contributed by atoms with van der Waals surface area (Å²) in [6, 6.07) is 2.35. The van der Waals surface area contributed by atoms with Crippen molar-refractivity contribution in [3.8, 4) is 0 Å². The monoisotopic (exact) mass is 240 g/mol. The van der Waals surface area contributed by atoms with Crippen molar-refractivity contribution in [2.45, 2.75) is 84.3 Å². The van der Waals surface area contributed by atoms with E-state index in [1.165, 1.54) is 45.1 Å². The Kier molecular flexibility index (Phi) is 7.14. The van der Waals surface area contributed by atoms with Crippen molar-refractivity contribution in [2.75, 3.05) is 13.1 Å². The van der Waals surface area contributed by atoms with Crippen molar-refractivity contribution in [3.63, 3.8) is 0 Å². The van der Waals surface area contributed by atoms with Gasteiger partial charge >= 0.3 is 0 Å². The van der Waals surface area contributed by atoms with E-state index in [1.807, 2.05) is 0 Å². The summed E-state index contributed by atoms with van der Waals surface area (Å²) in [6.07, 6.45) is 8.05. The number of hydrogen-bond acceptors (Lipinski definition) is 2. The molecule has 2 atom stereocenters. The quantitative estimate of drug-likeness (QED) is 0.629. The second kappa shape index (κ2) is 8.10. The molecule has 102 valence electrons. The molecule has 2 unspecified atom stereocenters. The molecule has 0 aromatic rings. The van der Waals surface area contributed by atoms with Crippen LogP contribution in [0.5, 0.6) is 0 Å². The van der Waals surface area contributed by atoms with Crippen molar-refractivity contribution < 1.29 is 0 Å². The Labute approximate surface area is 108 Å². The Bertz CT molecular complexity index is 183. The molecule has 1 saturated carbocycles. The van der Waals surface area contributed by atoms with Crippen LogP contribution in [0.25, 0.3) is 0 Å². The third-order valence-electron chi connectivity index (χ3n) is 3.87. The lowest BCUT2D eigenvalue weighted by Crippen LogP contribution is -2.51. The summed E-state index contributed by atoms with van der Waals surface area (Å²) in [7, 11) is 0. The summed E-state index contributed by atoms with van der Waals surface area (Å²) >= 11 is 0. The molecule has 1 fully saturated rings. The Morgan fingerprint density at radius 3 is 2.24 bits per heavy atom. The maximum atomic E-state index is 3.71. The van der Waals surface area contributed by atoms with E-state index in [4.69, 9.17) is 0 Å². The van der Waals surface area contributed by atoms with Crippen LogP contribution < -0.4 is 5.32 Å². The molecule has 0 aromatic carbocycles. The molecule has 1 N–H and O–H groups in total. The van der Waals surface area contributed by atoms with E-state index in [1.54, 1.807) is 0 Å². The second-order valence-electron chi connectivity index (χ2n) is 5.40. The molecule has 17 heavy (non-hydrogen) atoms. The maximum Gasteiger partial charge on any atom is 0.0249 e. The first kappa shape index (κ1) is 15.0. The molecule has 0 heterocycles. The molecular weight excluding hydrogens is 208 g/mol. The van der Waals surface area contributed by atoms with E-state index in [2.05, 4.69) is 37.9 Å². The largest absolute Gasteiger partial charge is 0.313 e. The van der Waals surface area contributed by atoms with Crippen molar-refractivity contribution in [3.05, 3.63) is 0 Å². The van der Waals surface area contributed by atoms with Crippen molar-refractivity contribution in [2.24, 2.45) is 0 Å². The first-order valence-electron chi connectivity index (χ1n) is 7.77. The van der Waals surface area contributed by atoms with Gasteiger partial charge in [0, 0.05) is 18.1 Å². The fourth-order valence-corrected chi connectivity index (χ4v) is 3.04. The Morgan fingerprint density at radius 2 is 1.82 bits per heavy atom. The lowest BCUT2D eigenvalue weighted by Gasteiger charge is -2.37. The zero-order valence-electron chi connectivity index (χ0n) is 12.3. The van der Waals surface area contributed by atoms with Crippen LogP contribution >= 0.6 is 0 Å². The fraction of sp³-hybridized carbons (Fsp3) is 1.00. The molecule has 2 nitrogen and oxygen atoms in total. The van der Waals surface area contributed by atoms with Crippen molar-refractivity contribution in [1.82, 2.24) is 10.2 Å². The van der Waals surface area contributed by atoms with E-state index >= 15 is 0 Å². The van der Waals surface area contributed by atoms with Gasteiger partial charge in [0.2, 0.25) is 0 Å². The minimum atomic E-state index is 0.696. The van der Waals surface area contributed by atoms with Gasteiger partial charge in [-0.3, -0.25) is 4.90 Å². The molecular formula is C15H32N2. The molecule has 1 rings (SSSR count). The van der Waals surface area contributed by atoms with E-state index < -0.39 is 0 Å². The first-order valence-corrected chi connectivity index (χ1v) is 7.77. The van der Waals surface area contributed by atoms with Gasteiger partial charge in [-0.25, -0.2) is 0 Å². The average Bonchev–Trinajstić information content (AvgIpc) is 3.13. The Morgan fingerprint density at radius 1 is 1.12 bits per heavy atom. The van der Waals surface area contributed by atoms with Crippen LogP contribution in [-0.4, -0.2) is 36.1 Å². The SMILES string of the molecule is CCCC(NCC)C(CC)N(CCC)C1CC1. The molecule has 1 aliphatic rings. The Hall–Kier alpha value is -0.0800. The zero-order chi connectivity index (χ0) is 12.7. The Balaban J connectivity index is 2.62. The molecule has 0 aliphatic heterocycles. The summed E-state index contributed by atoms with van der Waals surface area (Å²) in [4.78, 5) is 2.79. The highest BCUT2D eigenvalue weighted by Gasteiger charge is 2.35. The van der Waals surface area contributed by atoms with E-state index in [-0.39, 0.29) is 0 Å². The van der Waals surface area contributed by atoms with Gasteiger partial charge in [-0.1, -0.05) is 34.1 Å². The smallest absolute Gasteiger partial charge is 0.0249 e. The second-order valence-corrected chi connectivity index (χ2v) is 5.40. The predicted molar refractivity (Wildman–Crippen MR) is 76.5 cm³/mol. The van der Waals surface area contributed by atoms with Crippen LogP contribution in [-0.2, 0) is 0 Å². The third kappa shape index (κ3) is 4.59. The highest BCUT2D eigenvalue weighted by atomic mass is 15.2. The molecule has 0 aromatic heterocycles. The van der Waals surface area contributed by atoms with Crippen LogP contribution in [0.2, 0.25) is 0 Å². The highest BCUT2D eigenvalue weighted by Crippen LogP contribution is 2.31. The summed E-state index contributed by atoms with van der Waals surface area (Å²) in [6.45, 7) is 11.6. The summed E-state index contributed by atoms with van der Waals surface area (Å²) < 4.78 is 0. The number of nitrogens with one attached hydrogen (secondary N) is 1. The number of rotatable bonds is 10. The summed E-state index contributed by atoms with van der Waals surface area (Å²) in [5.41, 5.74) is 0. The van der Waals surface area contributed by atoms with Crippen molar-refractivity contribution in [1.29, 1.82) is 0 Å². The number of likely N-dealkylation sites (N-methyl/N-ethyl adjacent to an activating group) is 1. The third-order valence-corrected chi connectivity index (χ3v) is 3.87. The van der Waals surface area contributed by atoms with E-state index in [0.29, 0.717) is 6.04 Å². The predicted octanol–water partition coefficient (Wildman–Crippen LogP) is 3.42. The van der Waals surface area contributed by atoms with Gasteiger partial charge in [0.1, 0.15) is 0 Å². The van der Waals surface area contributed by atoms with Crippen LogP contribution in [0.3, 0.4) is 0 Å². The lowest BCUT2D eigenvalue weighted by molar-refractivity contribution is 0.138. The topological polar surface area (TPSA) is 15.3 Å². The van der Waals surface area contributed by atoms with Crippen molar-refractivity contribution >= 4 is 0 Å². The van der Waals surface area contributed by atoms with Crippen LogP contribution in [0.1, 0.15) is 66.2 Å². The molecule has 0 amide bonds. The van der Waals surface area contributed by atoms with E-state index in [0.717, 1.165) is 18.6 Å². The zero-order valence-corrected chi connectivity index (χ0v) is 12.3. The van der Waals surface area contributed by atoms with Gasteiger partial charge in [0.25, 0.3) is 0 Å². The molecule has 0 radical (unpaired) electrons. The minimum Gasteiger partial charge on any atom is -0.313 e. The standard InChI is InChI=1S/C15H32N2/c1-5-9-14(16-8-4)15(7-3)17(12-6-2)13-10-11-13/h13-16H,5-12H2,1-4H3. The van der Waals surface area contributed by atoms with Crippen LogP contribution in [0.4, 0.5) is 0 Å². The van der Waals surface area contributed by atoms with Gasteiger partial charge in [-0.05, 0) is 45.2 Å². The van der Waals surface area contributed by atoms with Gasteiger partial charge < -0.3 is 5.32 Å². The number of hydrogen-bond donors (Lipinski definition) is 1. The maximum absolute atomic E-state index is 3.71.